The molecule has 138 valence electrons. The van der Waals surface area contributed by atoms with Crippen LogP contribution in [0, 0.1) is 18.3 Å². The van der Waals surface area contributed by atoms with Gasteiger partial charge in [-0.1, -0.05) is 13.8 Å². The number of aryl methyl sites for hydroxylation is 1. The largest absolute Gasteiger partial charge is 0.342 e. The third-order valence-electron chi connectivity index (χ3n) is 5.51. The van der Waals surface area contributed by atoms with Crippen molar-refractivity contribution in [2.45, 2.75) is 52.9 Å². The Bertz CT molecular complexity index is 642. The Morgan fingerprint density at radius 3 is 2.84 bits per heavy atom. The van der Waals surface area contributed by atoms with Crippen LogP contribution in [0.25, 0.3) is 0 Å². The maximum absolute atomic E-state index is 12.8. The van der Waals surface area contributed by atoms with E-state index in [9.17, 15) is 9.59 Å². The van der Waals surface area contributed by atoms with Gasteiger partial charge in [0.2, 0.25) is 5.91 Å². The van der Waals surface area contributed by atoms with Gasteiger partial charge in [-0.2, -0.15) is 0 Å². The summed E-state index contributed by atoms with van der Waals surface area (Å²) in [5.74, 6) is 0.993. The summed E-state index contributed by atoms with van der Waals surface area (Å²) in [6.45, 7) is 9.57. The van der Waals surface area contributed by atoms with Crippen LogP contribution in [0.4, 0.5) is 0 Å². The predicted molar refractivity (Wildman–Crippen MR) is 99.7 cm³/mol. The molecule has 0 saturated carbocycles. The molecular formula is C19H29N3O2S. The number of aromatic nitrogens is 1. The summed E-state index contributed by atoms with van der Waals surface area (Å²) in [6.07, 6.45) is 6.42. The van der Waals surface area contributed by atoms with E-state index in [2.05, 4.69) is 18.8 Å². The first kappa shape index (κ1) is 18.4. The highest BCUT2D eigenvalue weighted by Crippen LogP contribution is 2.39. The lowest BCUT2D eigenvalue weighted by Crippen LogP contribution is -2.55. The minimum Gasteiger partial charge on any atom is -0.342 e. The second-order valence-electron chi connectivity index (χ2n) is 8.07. The van der Waals surface area contributed by atoms with Gasteiger partial charge in [0.1, 0.15) is 4.88 Å². The van der Waals surface area contributed by atoms with Gasteiger partial charge in [0.15, 0.2) is 0 Å². The number of amides is 2. The summed E-state index contributed by atoms with van der Waals surface area (Å²) >= 11 is 1.47. The average molecular weight is 364 g/mol. The molecule has 3 rings (SSSR count). The van der Waals surface area contributed by atoms with Gasteiger partial charge in [-0.15, -0.1) is 11.3 Å². The highest BCUT2D eigenvalue weighted by Gasteiger charge is 2.42. The number of nitrogens with zero attached hydrogens (tertiary/aromatic N) is 3. The average Bonchev–Trinajstić information content (AvgIpc) is 3.02. The Balaban J connectivity index is 1.68. The first-order valence-electron chi connectivity index (χ1n) is 9.38. The van der Waals surface area contributed by atoms with Crippen LogP contribution in [0.15, 0.2) is 6.20 Å². The molecule has 6 heteroatoms. The van der Waals surface area contributed by atoms with Crippen molar-refractivity contribution in [3.8, 4) is 0 Å². The first-order valence-corrected chi connectivity index (χ1v) is 10.2. The number of rotatable bonds is 4. The fraction of sp³-hybridized carbons (Fsp3) is 0.737. The minimum absolute atomic E-state index is 0.0819. The fourth-order valence-electron chi connectivity index (χ4n) is 4.05. The van der Waals surface area contributed by atoms with Gasteiger partial charge in [0.05, 0.1) is 11.2 Å². The van der Waals surface area contributed by atoms with Gasteiger partial charge in [-0.05, 0) is 38.5 Å². The number of piperidine rings is 2. The van der Waals surface area contributed by atoms with E-state index in [1.807, 2.05) is 16.7 Å². The summed E-state index contributed by atoms with van der Waals surface area (Å²) < 4.78 is 0. The maximum atomic E-state index is 12.8. The number of thiazole rings is 1. The molecule has 1 atom stereocenters. The molecule has 0 radical (unpaired) electrons. The maximum Gasteiger partial charge on any atom is 0.265 e. The Morgan fingerprint density at radius 1 is 1.36 bits per heavy atom. The quantitative estimate of drug-likeness (QED) is 0.824. The zero-order chi connectivity index (χ0) is 18.0. The highest BCUT2D eigenvalue weighted by molar-refractivity contribution is 7.13. The molecule has 5 nitrogen and oxygen atoms in total. The van der Waals surface area contributed by atoms with Crippen molar-refractivity contribution in [1.29, 1.82) is 0 Å². The molecule has 25 heavy (non-hydrogen) atoms. The molecule has 1 aromatic heterocycles. The molecule has 1 unspecified atom stereocenters. The third-order valence-corrected chi connectivity index (χ3v) is 6.41. The van der Waals surface area contributed by atoms with Gasteiger partial charge in [-0.3, -0.25) is 9.59 Å². The normalized spacial score (nSPS) is 24.4. The summed E-state index contributed by atoms with van der Waals surface area (Å²) in [5, 5.41) is 0.929. The SMILES string of the molecule is Cc1ncc(C(=O)N2CCCC3(CCC(=O)N(CCC(C)C)C3)C2)s1. The van der Waals surface area contributed by atoms with Crippen LogP contribution in [0.3, 0.4) is 0 Å². The molecule has 0 bridgehead atoms. The van der Waals surface area contributed by atoms with E-state index in [0.717, 1.165) is 61.7 Å². The monoisotopic (exact) mass is 363 g/mol. The zero-order valence-corrected chi connectivity index (χ0v) is 16.4. The van der Waals surface area contributed by atoms with E-state index >= 15 is 0 Å². The number of hydrogen-bond acceptors (Lipinski definition) is 4. The minimum atomic E-state index is 0.0819. The Hall–Kier alpha value is -1.43. The lowest BCUT2D eigenvalue weighted by Gasteiger charge is -2.48. The van der Waals surface area contributed by atoms with Crippen LogP contribution in [-0.4, -0.2) is 52.8 Å². The van der Waals surface area contributed by atoms with Crippen molar-refractivity contribution in [1.82, 2.24) is 14.8 Å². The highest BCUT2D eigenvalue weighted by atomic mass is 32.1. The summed E-state index contributed by atoms with van der Waals surface area (Å²) in [5.41, 5.74) is 0.0819. The van der Waals surface area contributed by atoms with Crippen LogP contribution in [0.5, 0.6) is 0 Å². The Morgan fingerprint density at radius 2 is 2.16 bits per heavy atom. The van der Waals surface area contributed by atoms with Crippen LogP contribution in [0.1, 0.15) is 60.6 Å². The second kappa shape index (κ2) is 7.44. The lowest BCUT2D eigenvalue weighted by molar-refractivity contribution is -0.139. The van der Waals surface area contributed by atoms with E-state index in [0.29, 0.717) is 12.3 Å². The fourth-order valence-corrected chi connectivity index (χ4v) is 4.80. The van der Waals surface area contributed by atoms with Crippen molar-refractivity contribution in [2.75, 3.05) is 26.2 Å². The van der Waals surface area contributed by atoms with Gasteiger partial charge in [0, 0.05) is 38.0 Å². The van der Waals surface area contributed by atoms with E-state index < -0.39 is 0 Å². The molecule has 0 N–H and O–H groups in total. The molecule has 2 aliphatic heterocycles. The van der Waals surface area contributed by atoms with Crippen molar-refractivity contribution in [3.63, 3.8) is 0 Å². The molecule has 1 aromatic rings. The third kappa shape index (κ3) is 4.22. The molecule has 1 spiro atoms. The van der Waals surface area contributed by atoms with Crippen LogP contribution < -0.4 is 0 Å². The van der Waals surface area contributed by atoms with Gasteiger partial charge in [0.25, 0.3) is 5.91 Å². The first-order chi connectivity index (χ1) is 11.9. The molecule has 2 fully saturated rings. The number of likely N-dealkylation sites (tertiary alicyclic amines) is 2. The molecule has 2 saturated heterocycles. The second-order valence-corrected chi connectivity index (χ2v) is 9.31. The van der Waals surface area contributed by atoms with E-state index in [-0.39, 0.29) is 17.2 Å². The van der Waals surface area contributed by atoms with Gasteiger partial charge < -0.3 is 9.80 Å². The summed E-state index contributed by atoms with van der Waals surface area (Å²) in [7, 11) is 0. The number of hydrogen-bond donors (Lipinski definition) is 0. The molecule has 0 aromatic carbocycles. The topological polar surface area (TPSA) is 53.5 Å². The van der Waals surface area contributed by atoms with Crippen molar-refractivity contribution < 1.29 is 9.59 Å². The molecular weight excluding hydrogens is 334 g/mol. The predicted octanol–water partition coefficient (Wildman–Crippen LogP) is 3.34. The van der Waals surface area contributed by atoms with Crippen LogP contribution in [-0.2, 0) is 4.79 Å². The summed E-state index contributed by atoms with van der Waals surface area (Å²) in [6, 6.07) is 0. The Kier molecular flexibility index (Phi) is 5.46. The molecule has 0 aliphatic carbocycles. The van der Waals surface area contributed by atoms with Crippen molar-refractivity contribution in [3.05, 3.63) is 16.1 Å². The van der Waals surface area contributed by atoms with Crippen LogP contribution in [0.2, 0.25) is 0 Å². The summed E-state index contributed by atoms with van der Waals surface area (Å²) in [4.78, 5) is 34.1. The van der Waals surface area contributed by atoms with Crippen molar-refractivity contribution in [2.24, 2.45) is 11.3 Å². The molecule has 2 aliphatic rings. The lowest BCUT2D eigenvalue weighted by atomic mass is 9.73. The zero-order valence-electron chi connectivity index (χ0n) is 15.6. The van der Waals surface area contributed by atoms with E-state index in [4.69, 9.17) is 0 Å². The van der Waals surface area contributed by atoms with E-state index in [1.165, 1.54) is 11.3 Å². The molecule has 3 heterocycles. The molecule has 2 amide bonds. The van der Waals surface area contributed by atoms with Crippen LogP contribution >= 0.6 is 11.3 Å². The number of carbonyl (C=O) groups excluding carboxylic acids is 2. The van der Waals surface area contributed by atoms with Crippen molar-refractivity contribution >= 4 is 23.2 Å². The smallest absolute Gasteiger partial charge is 0.265 e. The Labute approximate surface area is 154 Å². The van der Waals surface area contributed by atoms with Gasteiger partial charge >= 0.3 is 0 Å². The standard InChI is InChI=1S/C19H29N3O2S/c1-14(2)6-10-21-12-19(8-5-17(21)23)7-4-9-22(13-19)18(24)16-11-20-15(3)25-16/h11,14H,4-10,12-13H2,1-3H3. The van der Waals surface area contributed by atoms with Gasteiger partial charge in [-0.25, -0.2) is 4.98 Å². The van der Waals surface area contributed by atoms with E-state index in [1.54, 1.807) is 6.20 Å². The number of carbonyl (C=O) groups is 2.